The van der Waals surface area contributed by atoms with Crippen molar-refractivity contribution in [2.45, 2.75) is 34.7 Å². The third kappa shape index (κ3) is 8.61. The van der Waals surface area contributed by atoms with Gasteiger partial charge in [-0.3, -0.25) is 0 Å². The number of nitrogens with one attached hydrogen (secondary N) is 2. The molecule has 4 aromatic carbocycles. The maximum atomic E-state index is 13.2. The molecule has 2 aliphatic rings. The molecular formula is C42H36N4O10S4. The van der Waals surface area contributed by atoms with Crippen LogP contribution in [0.5, 0.6) is 23.0 Å². The molecule has 6 heterocycles. The van der Waals surface area contributed by atoms with Crippen molar-refractivity contribution in [1.29, 1.82) is 0 Å². The Balaban J connectivity index is 0.000000154. The van der Waals surface area contributed by atoms with E-state index in [1.165, 1.54) is 46.9 Å². The predicted molar refractivity (Wildman–Crippen MR) is 225 cm³/mol. The lowest BCUT2D eigenvalue weighted by atomic mass is 10.2. The second-order valence-corrected chi connectivity index (χ2v) is 18.8. The van der Waals surface area contributed by atoms with Gasteiger partial charge >= 0.3 is 0 Å². The molecule has 2 N–H and O–H groups in total. The lowest BCUT2D eigenvalue weighted by Crippen LogP contribution is -2.29. The van der Waals surface area contributed by atoms with E-state index in [2.05, 4.69) is 19.4 Å². The van der Waals surface area contributed by atoms with Crippen LogP contribution < -0.4 is 28.4 Å². The summed E-state index contributed by atoms with van der Waals surface area (Å²) in [5.74, 6) is 2.88. The van der Waals surface area contributed by atoms with Gasteiger partial charge in [-0.1, -0.05) is 36.4 Å². The van der Waals surface area contributed by atoms with E-state index in [0.29, 0.717) is 82.1 Å². The van der Waals surface area contributed by atoms with Gasteiger partial charge < -0.3 is 27.8 Å². The molecular weight excluding hydrogens is 849 g/mol. The first-order valence-corrected chi connectivity index (χ1v) is 23.5. The van der Waals surface area contributed by atoms with Crippen LogP contribution in [0, 0.1) is 0 Å². The SMILES string of the molecule is O=S(=O)(NC(c1cc2ccccc2o1)c1nccs1)c1ccc2c(c1)OCCCO2.O=S(=O)(NC(c1cc2ccccc2o1)c1nccs1)c1ccc2c(c1)OCCCO2. The zero-order valence-corrected chi connectivity index (χ0v) is 34.8. The van der Waals surface area contributed by atoms with Crippen molar-refractivity contribution in [2.24, 2.45) is 0 Å². The number of furan rings is 2. The Morgan fingerprint density at radius 1 is 0.517 bits per heavy atom. The minimum absolute atomic E-state index is 0.0874. The molecule has 4 aromatic heterocycles. The molecule has 0 fully saturated rings. The number of fused-ring (bicyclic) bond motifs is 4. The fraction of sp³-hybridized carbons (Fsp3) is 0.190. The number of nitrogens with zero attached hydrogens (tertiary/aromatic N) is 2. The van der Waals surface area contributed by atoms with Crippen LogP contribution in [0.2, 0.25) is 0 Å². The van der Waals surface area contributed by atoms with Crippen molar-refractivity contribution in [3.63, 3.8) is 0 Å². The van der Waals surface area contributed by atoms with Gasteiger partial charge in [0.25, 0.3) is 0 Å². The van der Waals surface area contributed by atoms with Gasteiger partial charge in [0.2, 0.25) is 20.0 Å². The first-order chi connectivity index (χ1) is 29.2. The van der Waals surface area contributed by atoms with Gasteiger partial charge in [-0.25, -0.2) is 26.8 Å². The first kappa shape index (κ1) is 39.7. The molecule has 0 spiro atoms. The summed E-state index contributed by atoms with van der Waals surface area (Å²) >= 11 is 2.71. The van der Waals surface area contributed by atoms with E-state index in [9.17, 15) is 16.8 Å². The number of aromatic nitrogens is 2. The lowest BCUT2D eigenvalue weighted by Gasteiger charge is -2.16. The fourth-order valence-electron chi connectivity index (χ4n) is 6.57. The molecule has 60 heavy (non-hydrogen) atoms. The highest BCUT2D eigenvalue weighted by molar-refractivity contribution is 7.89. The molecule has 18 heteroatoms. The van der Waals surface area contributed by atoms with Gasteiger partial charge in [-0.15, -0.1) is 22.7 Å². The molecule has 8 aromatic rings. The zero-order chi connectivity index (χ0) is 41.1. The van der Waals surface area contributed by atoms with Crippen molar-refractivity contribution in [2.75, 3.05) is 26.4 Å². The molecule has 0 aliphatic carbocycles. The van der Waals surface area contributed by atoms with E-state index in [0.717, 1.165) is 23.6 Å². The average Bonchev–Trinajstić information content (AvgIpc) is 4.08. The van der Waals surface area contributed by atoms with Gasteiger partial charge in [0.05, 0.1) is 36.2 Å². The number of rotatable bonds is 10. The van der Waals surface area contributed by atoms with Crippen LogP contribution in [-0.2, 0) is 20.0 Å². The molecule has 0 saturated carbocycles. The molecule has 14 nitrogen and oxygen atoms in total. The lowest BCUT2D eigenvalue weighted by molar-refractivity contribution is 0.296. The van der Waals surface area contributed by atoms with E-state index >= 15 is 0 Å². The largest absolute Gasteiger partial charge is 0.490 e. The van der Waals surface area contributed by atoms with E-state index in [1.54, 1.807) is 35.3 Å². The topological polar surface area (TPSA) is 181 Å². The highest BCUT2D eigenvalue weighted by atomic mass is 32.2. The van der Waals surface area contributed by atoms with Gasteiger partial charge in [0, 0.05) is 58.9 Å². The third-order valence-corrected chi connectivity index (χ3v) is 14.0. The van der Waals surface area contributed by atoms with Crippen molar-refractivity contribution in [1.82, 2.24) is 19.4 Å². The normalized spacial score (nSPS) is 15.1. The Hall–Kier alpha value is -5.76. The van der Waals surface area contributed by atoms with Crippen LogP contribution >= 0.6 is 22.7 Å². The molecule has 10 rings (SSSR count). The minimum Gasteiger partial charge on any atom is -0.490 e. The van der Waals surface area contributed by atoms with E-state index in [1.807, 2.05) is 60.7 Å². The molecule has 2 unspecified atom stereocenters. The summed E-state index contributed by atoms with van der Waals surface area (Å²) in [7, 11) is -7.79. The van der Waals surface area contributed by atoms with Crippen molar-refractivity contribution >= 4 is 64.7 Å². The number of hydrogen-bond acceptors (Lipinski definition) is 14. The summed E-state index contributed by atoms with van der Waals surface area (Å²) in [5.41, 5.74) is 1.37. The third-order valence-electron chi connectivity index (χ3n) is 9.46. The Labute approximate surface area is 352 Å². The van der Waals surface area contributed by atoms with Crippen molar-refractivity contribution < 1.29 is 44.6 Å². The zero-order valence-electron chi connectivity index (χ0n) is 31.6. The minimum atomic E-state index is -3.90. The number of para-hydroxylation sites is 2. The van der Waals surface area contributed by atoms with Crippen LogP contribution in [0.25, 0.3) is 21.9 Å². The van der Waals surface area contributed by atoms with Crippen molar-refractivity contribution in [3.05, 3.63) is 142 Å². The molecule has 0 radical (unpaired) electrons. The van der Waals surface area contributed by atoms with Crippen molar-refractivity contribution in [3.8, 4) is 23.0 Å². The summed E-state index contributed by atoms with van der Waals surface area (Å²) < 4.78 is 92.7. The quantitative estimate of drug-likeness (QED) is 0.134. The van der Waals surface area contributed by atoms with Crippen LogP contribution in [-0.4, -0.2) is 53.2 Å². The van der Waals surface area contributed by atoms with Crippen LogP contribution in [0.15, 0.2) is 139 Å². The Morgan fingerprint density at radius 2 is 0.933 bits per heavy atom. The maximum Gasteiger partial charge on any atom is 0.241 e. The Bertz CT molecular complexity index is 2700. The summed E-state index contributed by atoms with van der Waals surface area (Å²) in [6.45, 7) is 2.03. The molecule has 2 aliphatic heterocycles. The smallest absolute Gasteiger partial charge is 0.241 e. The van der Waals surface area contributed by atoms with E-state index < -0.39 is 32.1 Å². The molecule has 2 atom stereocenters. The van der Waals surface area contributed by atoms with Crippen LogP contribution in [0.3, 0.4) is 0 Å². The van der Waals surface area contributed by atoms with Gasteiger partial charge in [-0.2, -0.15) is 9.44 Å². The van der Waals surface area contributed by atoms with Crippen LogP contribution in [0.4, 0.5) is 0 Å². The second-order valence-electron chi connectivity index (χ2n) is 13.5. The van der Waals surface area contributed by atoms with E-state index in [-0.39, 0.29) is 9.79 Å². The summed E-state index contributed by atoms with van der Waals surface area (Å²) in [4.78, 5) is 8.80. The first-order valence-electron chi connectivity index (χ1n) is 18.8. The highest BCUT2D eigenvalue weighted by Gasteiger charge is 2.30. The number of sulfonamides is 2. The van der Waals surface area contributed by atoms with Crippen LogP contribution in [0.1, 0.15) is 46.5 Å². The summed E-state index contributed by atoms with van der Waals surface area (Å²) in [5, 5.41) is 6.56. The fourth-order valence-corrected chi connectivity index (χ4v) is 10.5. The number of hydrogen-bond donors (Lipinski definition) is 2. The highest BCUT2D eigenvalue weighted by Crippen LogP contribution is 2.36. The monoisotopic (exact) mass is 884 g/mol. The molecule has 0 bridgehead atoms. The standard InChI is InChI=1S/2C21H18N2O5S2/c2*24-30(25,15-6-7-17-18(13-15)27-10-3-9-26-17)23-20(21-22-8-11-29-21)19-12-14-4-1-2-5-16(14)28-19/h2*1-2,4-8,11-13,20,23H,3,9-10H2. The molecule has 0 amide bonds. The number of benzene rings is 4. The number of ether oxygens (including phenoxy) is 4. The summed E-state index contributed by atoms with van der Waals surface area (Å²) in [6, 6.07) is 26.5. The van der Waals surface area contributed by atoms with E-state index in [4.69, 9.17) is 27.8 Å². The second kappa shape index (κ2) is 17.1. The maximum absolute atomic E-state index is 13.2. The molecule has 0 saturated heterocycles. The molecule has 308 valence electrons. The van der Waals surface area contributed by atoms with Gasteiger partial charge in [0.1, 0.15) is 44.8 Å². The van der Waals surface area contributed by atoms with Gasteiger partial charge in [0.15, 0.2) is 23.0 Å². The average molecular weight is 885 g/mol. The summed E-state index contributed by atoms with van der Waals surface area (Å²) in [6.07, 6.45) is 4.76. The van der Waals surface area contributed by atoms with Gasteiger partial charge in [-0.05, 0) is 48.5 Å². The number of thiazole rings is 2. The Morgan fingerprint density at radius 3 is 1.33 bits per heavy atom. The Kier molecular flexibility index (Phi) is 11.3. The predicted octanol–water partition coefficient (Wildman–Crippen LogP) is 8.24.